The molecule has 0 aliphatic rings. The number of aliphatic hydroxyl groups excluding tert-OH is 1. The molecule has 0 aliphatic heterocycles. The highest BCUT2D eigenvalue weighted by Crippen LogP contribution is 2.18. The lowest BCUT2D eigenvalue weighted by Crippen LogP contribution is -2.13. The molecule has 0 unspecified atom stereocenters. The van der Waals surface area contributed by atoms with Gasteiger partial charge in [0.2, 0.25) is 0 Å². The normalized spacial score (nSPS) is 9.75. The van der Waals surface area contributed by atoms with Gasteiger partial charge >= 0.3 is 0 Å². The Balaban J connectivity index is 2.18. The number of nitrogens with one attached hydrogen (secondary N) is 1. The van der Waals surface area contributed by atoms with Crippen molar-refractivity contribution in [1.82, 2.24) is 5.16 Å². The zero-order chi connectivity index (χ0) is 14.5. The number of aliphatic hydroxyl groups is 1. The average molecular weight is 270 g/mol. The number of hydrogen-bond acceptors (Lipinski definition) is 4. The highest BCUT2D eigenvalue weighted by molar-refractivity contribution is 6.05. The van der Waals surface area contributed by atoms with Crippen LogP contribution in [0.5, 0.6) is 0 Å². The number of amides is 1. The summed E-state index contributed by atoms with van der Waals surface area (Å²) in [7, 11) is 0. The number of anilines is 1. The Morgan fingerprint density at radius 2 is 2.25 bits per heavy atom. The predicted octanol–water partition coefficient (Wildman–Crippen LogP) is 1.89. The number of benzene rings is 1. The molecule has 5 heteroatoms. The Morgan fingerprint density at radius 1 is 1.45 bits per heavy atom. The van der Waals surface area contributed by atoms with Gasteiger partial charge in [0, 0.05) is 11.3 Å². The second-order valence-electron chi connectivity index (χ2n) is 4.24. The van der Waals surface area contributed by atoms with E-state index in [0.717, 1.165) is 11.1 Å². The highest BCUT2D eigenvalue weighted by atomic mass is 16.5. The van der Waals surface area contributed by atoms with Crippen LogP contribution in [0.2, 0.25) is 0 Å². The first-order chi connectivity index (χ1) is 9.61. The van der Waals surface area contributed by atoms with Crippen molar-refractivity contribution >= 4 is 11.6 Å². The molecule has 0 atom stereocenters. The van der Waals surface area contributed by atoms with Crippen molar-refractivity contribution in [2.45, 2.75) is 13.8 Å². The maximum absolute atomic E-state index is 12.0. The van der Waals surface area contributed by atoms with Gasteiger partial charge in [0.25, 0.3) is 5.91 Å². The molecule has 2 rings (SSSR count). The molecule has 0 aliphatic carbocycles. The van der Waals surface area contributed by atoms with Crippen LogP contribution in [0, 0.1) is 25.7 Å². The first-order valence-electron chi connectivity index (χ1n) is 6.05. The fourth-order valence-corrected chi connectivity index (χ4v) is 1.73. The van der Waals surface area contributed by atoms with Gasteiger partial charge in [0.05, 0.1) is 6.20 Å². The van der Waals surface area contributed by atoms with Crippen LogP contribution in [0.25, 0.3) is 0 Å². The molecular weight excluding hydrogens is 256 g/mol. The van der Waals surface area contributed by atoms with Gasteiger partial charge in [-0.1, -0.05) is 17.0 Å². The largest absolute Gasteiger partial charge is 0.384 e. The molecule has 1 heterocycles. The van der Waals surface area contributed by atoms with Gasteiger partial charge < -0.3 is 14.9 Å². The number of rotatable bonds is 2. The van der Waals surface area contributed by atoms with E-state index in [9.17, 15) is 4.79 Å². The van der Waals surface area contributed by atoms with Crippen molar-refractivity contribution in [2.75, 3.05) is 11.9 Å². The van der Waals surface area contributed by atoms with E-state index >= 15 is 0 Å². The number of nitrogens with zero attached hydrogens (tertiary/aromatic N) is 1. The van der Waals surface area contributed by atoms with Crippen molar-refractivity contribution in [3.05, 3.63) is 46.8 Å². The van der Waals surface area contributed by atoms with Gasteiger partial charge in [-0.2, -0.15) is 0 Å². The van der Waals surface area contributed by atoms with E-state index in [1.54, 1.807) is 19.1 Å². The fourth-order valence-electron chi connectivity index (χ4n) is 1.73. The van der Waals surface area contributed by atoms with Crippen molar-refractivity contribution in [1.29, 1.82) is 0 Å². The summed E-state index contributed by atoms with van der Waals surface area (Å²) in [6, 6.07) is 5.40. The van der Waals surface area contributed by atoms with Gasteiger partial charge in [-0.3, -0.25) is 4.79 Å². The molecule has 0 saturated carbocycles. The maximum atomic E-state index is 12.0. The Hall–Kier alpha value is -2.58. The van der Waals surface area contributed by atoms with E-state index in [1.807, 2.05) is 13.0 Å². The quantitative estimate of drug-likeness (QED) is 0.817. The molecule has 102 valence electrons. The van der Waals surface area contributed by atoms with E-state index in [0.29, 0.717) is 17.0 Å². The van der Waals surface area contributed by atoms with Crippen LogP contribution in [0.1, 0.15) is 27.2 Å². The molecule has 0 saturated heterocycles. The van der Waals surface area contributed by atoms with Crippen LogP contribution in [-0.4, -0.2) is 22.8 Å². The highest BCUT2D eigenvalue weighted by Gasteiger charge is 2.13. The molecule has 2 N–H and O–H groups in total. The van der Waals surface area contributed by atoms with Crippen molar-refractivity contribution in [2.24, 2.45) is 0 Å². The molecule has 1 aromatic carbocycles. The van der Waals surface area contributed by atoms with Crippen LogP contribution >= 0.6 is 0 Å². The van der Waals surface area contributed by atoms with Crippen LogP contribution in [0.3, 0.4) is 0 Å². The van der Waals surface area contributed by atoms with Crippen LogP contribution in [0.4, 0.5) is 5.69 Å². The summed E-state index contributed by atoms with van der Waals surface area (Å²) in [4.78, 5) is 12.0. The Kier molecular flexibility index (Phi) is 4.18. The van der Waals surface area contributed by atoms with E-state index in [-0.39, 0.29) is 12.5 Å². The summed E-state index contributed by atoms with van der Waals surface area (Å²) in [5.41, 5.74) is 2.78. The minimum absolute atomic E-state index is 0.176. The van der Waals surface area contributed by atoms with E-state index < -0.39 is 0 Å². The standard InChI is InChI=1S/C15H14N2O3/c1-10-8-12(4-3-7-18)5-6-14(10)17-15(19)13-9-16-20-11(13)2/h5-6,8-9,18H,7H2,1-2H3,(H,17,19). The molecule has 0 bridgehead atoms. The molecule has 1 amide bonds. The minimum atomic E-state index is -0.263. The summed E-state index contributed by atoms with van der Waals surface area (Å²) >= 11 is 0. The second-order valence-corrected chi connectivity index (χ2v) is 4.24. The Bertz CT molecular complexity index is 693. The molecule has 0 radical (unpaired) electrons. The molecular formula is C15H14N2O3. The molecule has 1 aromatic heterocycles. The third-order valence-electron chi connectivity index (χ3n) is 2.78. The van der Waals surface area contributed by atoms with Crippen LogP contribution in [-0.2, 0) is 0 Å². The fraction of sp³-hybridized carbons (Fsp3) is 0.200. The lowest BCUT2D eigenvalue weighted by atomic mass is 10.1. The topological polar surface area (TPSA) is 75.4 Å². The summed E-state index contributed by atoms with van der Waals surface area (Å²) in [5, 5.41) is 15.0. The van der Waals surface area contributed by atoms with Gasteiger partial charge in [-0.25, -0.2) is 0 Å². The van der Waals surface area contributed by atoms with Crippen molar-refractivity contribution < 1.29 is 14.4 Å². The van der Waals surface area contributed by atoms with Crippen LogP contribution < -0.4 is 5.32 Å². The number of carbonyl (C=O) groups is 1. The lowest BCUT2D eigenvalue weighted by molar-refractivity contribution is 0.102. The Morgan fingerprint density at radius 3 is 2.85 bits per heavy atom. The zero-order valence-electron chi connectivity index (χ0n) is 11.2. The molecule has 5 nitrogen and oxygen atoms in total. The SMILES string of the molecule is Cc1cc(C#CCO)ccc1NC(=O)c1cnoc1C. The number of aryl methyl sites for hydroxylation is 2. The van der Waals surface area contributed by atoms with Gasteiger partial charge in [-0.05, 0) is 37.6 Å². The third-order valence-corrected chi connectivity index (χ3v) is 2.78. The maximum Gasteiger partial charge on any atom is 0.260 e. The third kappa shape index (κ3) is 3.05. The predicted molar refractivity (Wildman–Crippen MR) is 74.3 cm³/mol. The van der Waals surface area contributed by atoms with Crippen LogP contribution in [0.15, 0.2) is 28.9 Å². The monoisotopic (exact) mass is 270 g/mol. The van der Waals surface area contributed by atoms with E-state index in [1.165, 1.54) is 6.20 Å². The van der Waals surface area contributed by atoms with Gasteiger partial charge in [0.1, 0.15) is 17.9 Å². The average Bonchev–Trinajstić information content (AvgIpc) is 2.85. The lowest BCUT2D eigenvalue weighted by Gasteiger charge is -2.07. The molecule has 0 spiro atoms. The van der Waals surface area contributed by atoms with Gasteiger partial charge in [0.15, 0.2) is 0 Å². The van der Waals surface area contributed by atoms with E-state index in [2.05, 4.69) is 22.3 Å². The number of carbonyl (C=O) groups excluding carboxylic acids is 1. The summed E-state index contributed by atoms with van der Waals surface area (Å²) in [5.74, 6) is 5.61. The first kappa shape index (κ1) is 13.8. The summed E-state index contributed by atoms with van der Waals surface area (Å²) in [6.07, 6.45) is 1.39. The van der Waals surface area contributed by atoms with Crippen molar-refractivity contribution in [3.63, 3.8) is 0 Å². The van der Waals surface area contributed by atoms with E-state index in [4.69, 9.17) is 9.63 Å². The first-order valence-corrected chi connectivity index (χ1v) is 6.05. The second kappa shape index (κ2) is 6.04. The Labute approximate surface area is 116 Å². The number of aromatic nitrogens is 1. The smallest absolute Gasteiger partial charge is 0.260 e. The minimum Gasteiger partial charge on any atom is -0.384 e. The van der Waals surface area contributed by atoms with Crippen molar-refractivity contribution in [3.8, 4) is 11.8 Å². The summed E-state index contributed by atoms with van der Waals surface area (Å²) in [6.45, 7) is 3.38. The summed E-state index contributed by atoms with van der Waals surface area (Å²) < 4.78 is 4.86. The zero-order valence-corrected chi connectivity index (χ0v) is 11.2. The molecule has 20 heavy (non-hydrogen) atoms. The van der Waals surface area contributed by atoms with Gasteiger partial charge in [-0.15, -0.1) is 0 Å². The number of hydrogen-bond donors (Lipinski definition) is 2. The molecule has 0 fully saturated rings. The molecule has 2 aromatic rings.